The predicted molar refractivity (Wildman–Crippen MR) is 76.9 cm³/mol. The van der Waals surface area contributed by atoms with Crippen LogP contribution in [0.2, 0.25) is 5.02 Å². The second-order valence-corrected chi connectivity index (χ2v) is 5.40. The van der Waals surface area contributed by atoms with Gasteiger partial charge in [-0.2, -0.15) is 0 Å². The average Bonchev–Trinajstić information content (AvgIpc) is 2.39. The van der Waals surface area contributed by atoms with Crippen molar-refractivity contribution in [2.75, 3.05) is 0 Å². The molecule has 0 aliphatic rings. The molecule has 2 rings (SSSR count). The van der Waals surface area contributed by atoms with E-state index in [1.54, 1.807) is 0 Å². The summed E-state index contributed by atoms with van der Waals surface area (Å²) in [5.74, 6) is -0.268. The fourth-order valence-electron chi connectivity index (χ4n) is 1.57. The molecule has 1 heterocycles. The van der Waals surface area contributed by atoms with Gasteiger partial charge in [0.25, 0.3) is 0 Å². The second-order valence-electron chi connectivity index (χ2n) is 4.03. The minimum absolute atomic E-state index is 0.102. The smallest absolute Gasteiger partial charge is 0.337 e. The molecule has 1 aromatic heterocycles. The van der Waals surface area contributed by atoms with Crippen LogP contribution in [0.15, 0.2) is 41.6 Å². The maximum atomic E-state index is 10.8. The Morgan fingerprint density at radius 3 is 2.79 bits per heavy atom. The maximum Gasteiger partial charge on any atom is 0.337 e. The molecule has 19 heavy (non-hydrogen) atoms. The van der Waals surface area contributed by atoms with Gasteiger partial charge in [-0.3, -0.25) is 0 Å². The van der Waals surface area contributed by atoms with E-state index >= 15 is 0 Å². The second kappa shape index (κ2) is 6.08. The van der Waals surface area contributed by atoms with E-state index in [4.69, 9.17) is 16.7 Å². The van der Waals surface area contributed by atoms with Crippen molar-refractivity contribution < 1.29 is 9.90 Å². The Bertz CT molecular complexity index is 616. The molecule has 0 atom stereocenters. The van der Waals surface area contributed by atoms with E-state index in [1.807, 2.05) is 12.1 Å². The van der Waals surface area contributed by atoms with Gasteiger partial charge in [0.15, 0.2) is 0 Å². The van der Waals surface area contributed by atoms with Gasteiger partial charge in [0.2, 0.25) is 0 Å². The summed E-state index contributed by atoms with van der Waals surface area (Å²) < 4.78 is 0. The monoisotopic (exact) mass is 293 g/mol. The molecule has 0 aliphatic carbocycles. The zero-order valence-corrected chi connectivity index (χ0v) is 11.8. The van der Waals surface area contributed by atoms with E-state index < -0.39 is 5.97 Å². The third-order valence-corrected chi connectivity index (χ3v) is 4.13. The van der Waals surface area contributed by atoms with Crippen molar-refractivity contribution in [1.82, 2.24) is 4.98 Å². The van der Waals surface area contributed by atoms with Crippen LogP contribution < -0.4 is 0 Å². The number of carboxylic acids is 1. The highest BCUT2D eigenvalue weighted by Gasteiger charge is 2.09. The van der Waals surface area contributed by atoms with Gasteiger partial charge in [-0.05, 0) is 24.1 Å². The van der Waals surface area contributed by atoms with E-state index in [0.717, 1.165) is 5.75 Å². The number of carbonyl (C=O) groups is 1. The molecule has 1 aromatic carbocycles. The van der Waals surface area contributed by atoms with Crippen LogP contribution in [-0.4, -0.2) is 16.1 Å². The highest BCUT2D eigenvalue weighted by atomic mass is 35.5. The summed E-state index contributed by atoms with van der Waals surface area (Å²) in [5, 5.41) is 9.86. The molecule has 0 saturated heterocycles. The van der Waals surface area contributed by atoms with Gasteiger partial charge < -0.3 is 5.11 Å². The van der Waals surface area contributed by atoms with Crippen LogP contribution in [0.25, 0.3) is 0 Å². The molecular weight excluding hydrogens is 282 g/mol. The number of thioether (sulfide) groups is 1. The first-order valence-electron chi connectivity index (χ1n) is 5.64. The topological polar surface area (TPSA) is 50.2 Å². The van der Waals surface area contributed by atoms with Crippen molar-refractivity contribution in [3.63, 3.8) is 0 Å². The van der Waals surface area contributed by atoms with Crippen LogP contribution in [0.3, 0.4) is 0 Å². The van der Waals surface area contributed by atoms with Crippen LogP contribution in [0, 0.1) is 6.92 Å². The lowest BCUT2D eigenvalue weighted by Gasteiger charge is -2.06. The Hall–Kier alpha value is -1.52. The molecule has 0 aliphatic heterocycles. The number of aromatic carboxylic acids is 1. The van der Waals surface area contributed by atoms with Crippen LogP contribution in [-0.2, 0) is 5.75 Å². The fourth-order valence-corrected chi connectivity index (χ4v) is 2.84. The first kappa shape index (κ1) is 13.9. The zero-order chi connectivity index (χ0) is 13.8. The fraction of sp³-hybridized carbons (Fsp3) is 0.143. The zero-order valence-electron chi connectivity index (χ0n) is 10.3. The van der Waals surface area contributed by atoms with Crippen molar-refractivity contribution >= 4 is 29.3 Å². The summed E-state index contributed by atoms with van der Waals surface area (Å²) in [7, 11) is 0. The number of aromatic nitrogens is 1. The average molecular weight is 294 g/mol. The van der Waals surface area contributed by atoms with Gasteiger partial charge in [0, 0.05) is 11.9 Å². The number of hydrogen-bond donors (Lipinski definition) is 1. The van der Waals surface area contributed by atoms with Crippen molar-refractivity contribution in [2.45, 2.75) is 17.7 Å². The molecule has 0 amide bonds. The molecule has 1 N–H and O–H groups in total. The van der Waals surface area contributed by atoms with Crippen molar-refractivity contribution in [2.24, 2.45) is 0 Å². The molecule has 0 fully saturated rings. The molecule has 5 heteroatoms. The predicted octanol–water partition coefficient (Wildman–Crippen LogP) is 4.03. The molecule has 0 saturated carbocycles. The molecule has 3 nitrogen and oxygen atoms in total. The summed E-state index contributed by atoms with van der Waals surface area (Å²) in [5.41, 5.74) is 2.53. The van der Waals surface area contributed by atoms with Gasteiger partial charge in [-0.15, -0.1) is 11.8 Å². The summed E-state index contributed by atoms with van der Waals surface area (Å²) in [4.78, 5) is 14.9. The Balaban J connectivity index is 2.12. The van der Waals surface area contributed by atoms with Crippen LogP contribution in [0.4, 0.5) is 0 Å². The highest BCUT2D eigenvalue weighted by molar-refractivity contribution is 7.98. The number of aryl methyl sites for hydroxylation is 1. The number of rotatable bonds is 4. The van der Waals surface area contributed by atoms with E-state index in [-0.39, 0.29) is 5.56 Å². The van der Waals surface area contributed by atoms with Crippen molar-refractivity contribution in [1.29, 1.82) is 0 Å². The minimum atomic E-state index is -1.02. The molecular formula is C14H12ClNO2S. The van der Waals surface area contributed by atoms with Gasteiger partial charge >= 0.3 is 5.97 Å². The van der Waals surface area contributed by atoms with E-state index in [9.17, 15) is 4.79 Å². The largest absolute Gasteiger partial charge is 0.478 e. The maximum absolute atomic E-state index is 10.8. The number of pyridine rings is 1. The minimum Gasteiger partial charge on any atom is -0.478 e. The Kier molecular flexibility index (Phi) is 4.45. The van der Waals surface area contributed by atoms with Crippen molar-refractivity contribution in [3.05, 3.63) is 58.2 Å². The summed E-state index contributed by atoms with van der Waals surface area (Å²) in [6.07, 6.45) is 1.33. The van der Waals surface area contributed by atoms with E-state index in [0.29, 0.717) is 10.0 Å². The number of carboxylic acid groups (broad SMARTS) is 1. The Morgan fingerprint density at radius 2 is 2.16 bits per heavy atom. The third-order valence-electron chi connectivity index (χ3n) is 2.68. The third kappa shape index (κ3) is 3.49. The first-order valence-corrected chi connectivity index (χ1v) is 7.00. The lowest BCUT2D eigenvalue weighted by molar-refractivity contribution is 0.0696. The number of nitrogens with zero attached hydrogens (tertiary/aromatic N) is 1. The van der Waals surface area contributed by atoms with Crippen LogP contribution >= 0.6 is 23.4 Å². The molecule has 98 valence electrons. The van der Waals surface area contributed by atoms with Crippen LogP contribution in [0.1, 0.15) is 21.5 Å². The summed E-state index contributed by atoms with van der Waals surface area (Å²) in [6.45, 7) is 2.05. The number of halogens is 1. The standard InChI is InChI=1S/C14H12ClNO2S/c1-9-4-2-3-5-10(9)8-19-13-12(15)6-11(7-16-13)14(17)18/h2-7H,8H2,1H3,(H,17,18). The molecule has 0 bridgehead atoms. The molecule has 0 unspecified atom stereocenters. The van der Waals surface area contributed by atoms with Gasteiger partial charge in [0.05, 0.1) is 10.6 Å². The van der Waals surface area contributed by atoms with Gasteiger partial charge in [-0.1, -0.05) is 35.9 Å². The SMILES string of the molecule is Cc1ccccc1CSc1ncc(C(=O)O)cc1Cl. The number of hydrogen-bond acceptors (Lipinski definition) is 3. The molecule has 0 spiro atoms. The lowest BCUT2D eigenvalue weighted by atomic mass is 10.1. The summed E-state index contributed by atoms with van der Waals surface area (Å²) in [6, 6.07) is 9.53. The lowest BCUT2D eigenvalue weighted by Crippen LogP contribution is -1.98. The molecule has 2 aromatic rings. The van der Waals surface area contributed by atoms with Crippen molar-refractivity contribution in [3.8, 4) is 0 Å². The molecule has 0 radical (unpaired) electrons. The van der Waals surface area contributed by atoms with E-state index in [2.05, 4.69) is 24.0 Å². The van der Waals surface area contributed by atoms with E-state index in [1.165, 1.54) is 35.2 Å². The summed E-state index contributed by atoms with van der Waals surface area (Å²) >= 11 is 7.53. The van der Waals surface area contributed by atoms with Crippen LogP contribution in [0.5, 0.6) is 0 Å². The number of benzene rings is 1. The first-order chi connectivity index (χ1) is 9.08. The quantitative estimate of drug-likeness (QED) is 0.865. The van der Waals surface area contributed by atoms with Gasteiger partial charge in [-0.25, -0.2) is 9.78 Å². The normalized spacial score (nSPS) is 10.4. The van der Waals surface area contributed by atoms with Gasteiger partial charge in [0.1, 0.15) is 5.03 Å². The Morgan fingerprint density at radius 1 is 1.42 bits per heavy atom. The highest BCUT2D eigenvalue weighted by Crippen LogP contribution is 2.29. The Labute approximate surface area is 120 Å².